The first-order valence-electron chi connectivity index (χ1n) is 7.36. The van der Waals surface area contributed by atoms with E-state index in [4.69, 9.17) is 4.42 Å². The van der Waals surface area contributed by atoms with E-state index >= 15 is 0 Å². The number of hydrogen-bond donors (Lipinski definition) is 1. The standard InChI is InChI=1S/C16H26O3/c1-3-4-5-6-7-8-9-10-16(2,18)15-11-14(12-17)13-19-15/h11-13,18H,3-10H2,1-2H3. The van der Waals surface area contributed by atoms with Crippen LogP contribution < -0.4 is 0 Å². The van der Waals surface area contributed by atoms with Gasteiger partial charge in [-0.2, -0.15) is 0 Å². The van der Waals surface area contributed by atoms with E-state index < -0.39 is 5.60 Å². The molecule has 0 aliphatic heterocycles. The highest BCUT2D eigenvalue weighted by molar-refractivity contribution is 5.74. The lowest BCUT2D eigenvalue weighted by Crippen LogP contribution is -2.20. The van der Waals surface area contributed by atoms with Crippen molar-refractivity contribution in [3.63, 3.8) is 0 Å². The fourth-order valence-electron chi connectivity index (χ4n) is 2.24. The number of carbonyl (C=O) groups is 1. The second-order valence-electron chi connectivity index (χ2n) is 5.51. The van der Waals surface area contributed by atoms with Crippen molar-refractivity contribution >= 4 is 6.29 Å². The SMILES string of the molecule is CCCCCCCCCC(C)(O)c1cc(C=O)co1. The second kappa shape index (κ2) is 8.16. The Labute approximate surface area is 116 Å². The Kier molecular flexibility index (Phi) is 6.85. The van der Waals surface area contributed by atoms with Gasteiger partial charge in [-0.25, -0.2) is 0 Å². The van der Waals surface area contributed by atoms with E-state index in [0.29, 0.717) is 17.7 Å². The number of furan rings is 1. The molecule has 0 amide bonds. The molecule has 1 aromatic rings. The minimum atomic E-state index is -0.968. The van der Waals surface area contributed by atoms with Gasteiger partial charge in [-0.15, -0.1) is 0 Å². The maximum atomic E-state index is 10.6. The quantitative estimate of drug-likeness (QED) is 0.503. The van der Waals surface area contributed by atoms with Crippen LogP contribution in [0.3, 0.4) is 0 Å². The van der Waals surface area contributed by atoms with Gasteiger partial charge in [-0.05, 0) is 19.4 Å². The first kappa shape index (κ1) is 16.0. The Bertz CT molecular complexity index is 366. The number of rotatable bonds is 10. The van der Waals surface area contributed by atoms with Crippen molar-refractivity contribution in [1.82, 2.24) is 0 Å². The average molecular weight is 266 g/mol. The van der Waals surface area contributed by atoms with Crippen LogP contribution in [0.15, 0.2) is 16.7 Å². The van der Waals surface area contributed by atoms with Gasteiger partial charge in [0.25, 0.3) is 0 Å². The molecule has 1 N–H and O–H groups in total. The molecule has 1 aromatic heterocycles. The number of aliphatic hydroxyl groups is 1. The zero-order valence-corrected chi connectivity index (χ0v) is 12.2. The van der Waals surface area contributed by atoms with Gasteiger partial charge in [0.15, 0.2) is 6.29 Å². The van der Waals surface area contributed by atoms with Gasteiger partial charge < -0.3 is 9.52 Å². The van der Waals surface area contributed by atoms with Gasteiger partial charge in [-0.1, -0.05) is 51.9 Å². The normalized spacial score (nSPS) is 14.3. The molecule has 0 fully saturated rings. The van der Waals surface area contributed by atoms with Gasteiger partial charge >= 0.3 is 0 Å². The van der Waals surface area contributed by atoms with E-state index in [2.05, 4.69) is 6.92 Å². The third-order valence-electron chi connectivity index (χ3n) is 3.55. The maximum Gasteiger partial charge on any atom is 0.153 e. The third kappa shape index (κ3) is 5.60. The van der Waals surface area contributed by atoms with Crippen LogP contribution in [0.1, 0.15) is 81.3 Å². The van der Waals surface area contributed by atoms with Crippen LogP contribution in [-0.4, -0.2) is 11.4 Å². The van der Waals surface area contributed by atoms with Crippen LogP contribution in [0.25, 0.3) is 0 Å². The number of carbonyl (C=O) groups excluding carboxylic acids is 1. The molecule has 0 aromatic carbocycles. The molecule has 1 rings (SSSR count). The van der Waals surface area contributed by atoms with E-state index in [1.165, 1.54) is 38.4 Å². The topological polar surface area (TPSA) is 50.4 Å². The molecule has 0 aliphatic carbocycles. The first-order valence-corrected chi connectivity index (χ1v) is 7.36. The highest BCUT2D eigenvalue weighted by atomic mass is 16.4. The molecule has 0 bridgehead atoms. The van der Waals surface area contributed by atoms with Gasteiger partial charge in [0.2, 0.25) is 0 Å². The lowest BCUT2D eigenvalue weighted by atomic mass is 9.95. The zero-order chi connectivity index (χ0) is 14.1. The van der Waals surface area contributed by atoms with Crippen molar-refractivity contribution in [1.29, 1.82) is 0 Å². The fourth-order valence-corrected chi connectivity index (χ4v) is 2.24. The van der Waals surface area contributed by atoms with E-state index in [9.17, 15) is 9.90 Å². The molecule has 19 heavy (non-hydrogen) atoms. The van der Waals surface area contributed by atoms with Crippen LogP contribution in [-0.2, 0) is 5.60 Å². The molecule has 0 aliphatic rings. The third-order valence-corrected chi connectivity index (χ3v) is 3.55. The fraction of sp³-hybridized carbons (Fsp3) is 0.688. The van der Waals surface area contributed by atoms with Crippen molar-refractivity contribution in [3.05, 3.63) is 23.7 Å². The van der Waals surface area contributed by atoms with Crippen molar-refractivity contribution < 1.29 is 14.3 Å². The van der Waals surface area contributed by atoms with E-state index in [1.54, 1.807) is 13.0 Å². The first-order chi connectivity index (χ1) is 9.10. The van der Waals surface area contributed by atoms with E-state index in [0.717, 1.165) is 19.1 Å². The Morgan fingerprint density at radius 1 is 1.21 bits per heavy atom. The van der Waals surface area contributed by atoms with Crippen LogP contribution >= 0.6 is 0 Å². The van der Waals surface area contributed by atoms with Gasteiger partial charge in [0, 0.05) is 0 Å². The van der Waals surface area contributed by atoms with Gasteiger partial charge in [0.1, 0.15) is 17.6 Å². The van der Waals surface area contributed by atoms with E-state index in [-0.39, 0.29) is 0 Å². The second-order valence-corrected chi connectivity index (χ2v) is 5.51. The Balaban J connectivity index is 2.25. The molecule has 3 nitrogen and oxygen atoms in total. The summed E-state index contributed by atoms with van der Waals surface area (Å²) in [6.07, 6.45) is 11.3. The van der Waals surface area contributed by atoms with Crippen LogP contribution in [0.2, 0.25) is 0 Å². The lowest BCUT2D eigenvalue weighted by molar-refractivity contribution is 0.0227. The highest BCUT2D eigenvalue weighted by Crippen LogP contribution is 2.28. The summed E-state index contributed by atoms with van der Waals surface area (Å²) in [6, 6.07) is 1.62. The van der Waals surface area contributed by atoms with Crippen molar-refractivity contribution in [2.75, 3.05) is 0 Å². The van der Waals surface area contributed by atoms with E-state index in [1.807, 2.05) is 0 Å². The van der Waals surface area contributed by atoms with Gasteiger partial charge in [-0.3, -0.25) is 4.79 Å². The predicted octanol–water partition coefficient (Wildman–Crippen LogP) is 4.44. The summed E-state index contributed by atoms with van der Waals surface area (Å²) in [5.74, 6) is 0.487. The monoisotopic (exact) mass is 266 g/mol. The Morgan fingerprint density at radius 3 is 2.42 bits per heavy atom. The number of aldehydes is 1. The van der Waals surface area contributed by atoms with Crippen molar-refractivity contribution in [2.24, 2.45) is 0 Å². The average Bonchev–Trinajstić information content (AvgIpc) is 2.87. The predicted molar refractivity (Wildman–Crippen MR) is 76.3 cm³/mol. The molecule has 0 saturated carbocycles. The molecule has 1 heterocycles. The molecule has 0 saturated heterocycles. The molecule has 0 spiro atoms. The van der Waals surface area contributed by atoms with Crippen LogP contribution in [0.4, 0.5) is 0 Å². The Hall–Kier alpha value is -1.09. The van der Waals surface area contributed by atoms with Crippen LogP contribution in [0, 0.1) is 0 Å². The summed E-state index contributed by atoms with van der Waals surface area (Å²) in [7, 11) is 0. The molecule has 3 heteroatoms. The Morgan fingerprint density at radius 2 is 1.84 bits per heavy atom. The molecule has 108 valence electrons. The maximum absolute atomic E-state index is 10.6. The summed E-state index contributed by atoms with van der Waals surface area (Å²) in [4.78, 5) is 10.6. The number of hydrogen-bond acceptors (Lipinski definition) is 3. The zero-order valence-electron chi connectivity index (χ0n) is 12.2. The lowest BCUT2D eigenvalue weighted by Gasteiger charge is -2.20. The smallest absolute Gasteiger partial charge is 0.153 e. The molecule has 0 radical (unpaired) electrons. The minimum absolute atomic E-state index is 0.481. The highest BCUT2D eigenvalue weighted by Gasteiger charge is 2.26. The van der Waals surface area contributed by atoms with Crippen molar-refractivity contribution in [2.45, 2.75) is 70.8 Å². The van der Waals surface area contributed by atoms with Crippen molar-refractivity contribution in [3.8, 4) is 0 Å². The number of unbranched alkanes of at least 4 members (excludes halogenated alkanes) is 6. The minimum Gasteiger partial charge on any atom is -0.466 e. The summed E-state index contributed by atoms with van der Waals surface area (Å²) in [5, 5.41) is 10.3. The summed E-state index contributed by atoms with van der Waals surface area (Å²) in [5.41, 5.74) is -0.486. The molecule has 1 unspecified atom stereocenters. The van der Waals surface area contributed by atoms with Crippen LogP contribution in [0.5, 0.6) is 0 Å². The molecule has 1 atom stereocenters. The van der Waals surface area contributed by atoms with Gasteiger partial charge in [0.05, 0.1) is 5.56 Å². The molecular formula is C16H26O3. The molecular weight excluding hydrogens is 240 g/mol. The summed E-state index contributed by atoms with van der Waals surface area (Å²) in [6.45, 7) is 3.96. The summed E-state index contributed by atoms with van der Waals surface area (Å²) >= 11 is 0. The largest absolute Gasteiger partial charge is 0.466 e. The summed E-state index contributed by atoms with van der Waals surface area (Å²) < 4.78 is 5.25.